The first-order valence-corrected chi connectivity index (χ1v) is 8.75. The van der Waals surface area contributed by atoms with Crippen molar-refractivity contribution in [1.82, 2.24) is 5.43 Å². The third-order valence-corrected chi connectivity index (χ3v) is 3.84. The van der Waals surface area contributed by atoms with Crippen molar-refractivity contribution < 1.29 is 14.3 Å². The van der Waals surface area contributed by atoms with Crippen LogP contribution in [0.25, 0.3) is 0 Å². The molecule has 0 saturated heterocycles. The molecule has 0 bridgehead atoms. The molecule has 1 aromatic carbocycles. The zero-order valence-electron chi connectivity index (χ0n) is 15.1. The molecule has 1 rings (SSSR count). The lowest BCUT2D eigenvalue weighted by molar-refractivity contribution is -0.121. The summed E-state index contributed by atoms with van der Waals surface area (Å²) in [6.07, 6.45) is 10.5. The van der Waals surface area contributed by atoms with Crippen LogP contribution in [-0.4, -0.2) is 26.3 Å². The number of hydrazone groups is 1. The zero-order chi connectivity index (χ0) is 17.6. The van der Waals surface area contributed by atoms with Crippen LogP contribution in [-0.2, 0) is 4.79 Å². The number of hydrogen-bond donors (Lipinski definition) is 1. The first-order chi connectivity index (χ1) is 11.7. The molecule has 0 atom stereocenters. The largest absolute Gasteiger partial charge is 0.497 e. The SMILES string of the molecule is CCCCCCCCCC(=O)NN=Cc1ccc(OC)cc1OC. The molecule has 1 N–H and O–H groups in total. The van der Waals surface area contributed by atoms with Gasteiger partial charge >= 0.3 is 0 Å². The van der Waals surface area contributed by atoms with Crippen molar-refractivity contribution in [1.29, 1.82) is 0 Å². The summed E-state index contributed by atoms with van der Waals surface area (Å²) in [5.41, 5.74) is 3.35. The van der Waals surface area contributed by atoms with Crippen LogP contribution in [0.5, 0.6) is 11.5 Å². The number of nitrogens with one attached hydrogen (secondary N) is 1. The van der Waals surface area contributed by atoms with E-state index in [2.05, 4.69) is 17.5 Å². The van der Waals surface area contributed by atoms with Gasteiger partial charge in [0.05, 0.1) is 20.4 Å². The molecule has 0 saturated carbocycles. The molecular weight excluding hydrogens is 304 g/mol. The fourth-order valence-electron chi connectivity index (χ4n) is 2.40. The molecule has 0 radical (unpaired) electrons. The lowest BCUT2D eigenvalue weighted by Gasteiger charge is -2.07. The summed E-state index contributed by atoms with van der Waals surface area (Å²) in [7, 11) is 3.19. The Morgan fingerprint density at radius 1 is 1.08 bits per heavy atom. The molecule has 1 amide bonds. The van der Waals surface area contributed by atoms with Gasteiger partial charge in [-0.25, -0.2) is 5.43 Å². The van der Waals surface area contributed by atoms with E-state index in [1.165, 1.54) is 32.1 Å². The minimum absolute atomic E-state index is 0.0488. The van der Waals surface area contributed by atoms with Gasteiger partial charge in [-0.1, -0.05) is 45.4 Å². The Kier molecular flexibility index (Phi) is 10.3. The van der Waals surface area contributed by atoms with E-state index in [9.17, 15) is 4.79 Å². The highest BCUT2D eigenvalue weighted by molar-refractivity contribution is 5.85. The highest BCUT2D eigenvalue weighted by atomic mass is 16.5. The van der Waals surface area contributed by atoms with Gasteiger partial charge in [0, 0.05) is 18.1 Å². The number of unbranched alkanes of at least 4 members (excludes halogenated alkanes) is 6. The fourth-order valence-corrected chi connectivity index (χ4v) is 2.40. The predicted molar refractivity (Wildman–Crippen MR) is 97.9 cm³/mol. The maximum atomic E-state index is 11.7. The van der Waals surface area contributed by atoms with E-state index < -0.39 is 0 Å². The van der Waals surface area contributed by atoms with Crippen LogP contribution in [0, 0.1) is 0 Å². The van der Waals surface area contributed by atoms with E-state index in [4.69, 9.17) is 9.47 Å². The average molecular weight is 334 g/mol. The molecule has 5 nitrogen and oxygen atoms in total. The van der Waals surface area contributed by atoms with E-state index in [0.29, 0.717) is 17.9 Å². The maximum absolute atomic E-state index is 11.7. The number of carbonyl (C=O) groups excluding carboxylic acids is 1. The van der Waals surface area contributed by atoms with Gasteiger partial charge in [0.1, 0.15) is 11.5 Å². The highest BCUT2D eigenvalue weighted by Gasteiger charge is 2.03. The number of hydrogen-bond acceptors (Lipinski definition) is 4. The second-order valence-electron chi connectivity index (χ2n) is 5.77. The van der Waals surface area contributed by atoms with Gasteiger partial charge in [-0.05, 0) is 18.6 Å². The maximum Gasteiger partial charge on any atom is 0.240 e. The van der Waals surface area contributed by atoms with Crippen LogP contribution in [0.4, 0.5) is 0 Å². The van der Waals surface area contributed by atoms with Crippen molar-refractivity contribution in [2.45, 2.75) is 58.3 Å². The molecular formula is C19H30N2O3. The van der Waals surface area contributed by atoms with Crippen molar-refractivity contribution in [3.8, 4) is 11.5 Å². The highest BCUT2D eigenvalue weighted by Crippen LogP contribution is 2.22. The van der Waals surface area contributed by atoms with Crippen molar-refractivity contribution in [3.05, 3.63) is 23.8 Å². The van der Waals surface area contributed by atoms with E-state index >= 15 is 0 Å². The van der Waals surface area contributed by atoms with Crippen LogP contribution in [0.2, 0.25) is 0 Å². The number of methoxy groups -OCH3 is 2. The Balaban J connectivity index is 2.27. The van der Waals surface area contributed by atoms with E-state index in [-0.39, 0.29) is 5.91 Å². The van der Waals surface area contributed by atoms with Gasteiger partial charge in [-0.2, -0.15) is 5.10 Å². The molecule has 1 aromatic rings. The molecule has 0 unspecified atom stereocenters. The van der Waals surface area contributed by atoms with Crippen molar-refractivity contribution in [3.63, 3.8) is 0 Å². The monoisotopic (exact) mass is 334 g/mol. The van der Waals surface area contributed by atoms with Crippen molar-refractivity contribution >= 4 is 12.1 Å². The first-order valence-electron chi connectivity index (χ1n) is 8.75. The number of carbonyl (C=O) groups is 1. The molecule has 0 aliphatic heterocycles. The molecule has 0 heterocycles. The zero-order valence-corrected chi connectivity index (χ0v) is 15.1. The van der Waals surface area contributed by atoms with Gasteiger partial charge in [0.25, 0.3) is 0 Å². The van der Waals surface area contributed by atoms with Crippen LogP contribution < -0.4 is 14.9 Å². The summed E-state index contributed by atoms with van der Waals surface area (Å²) in [5.74, 6) is 1.32. The van der Waals surface area contributed by atoms with Crippen LogP contribution >= 0.6 is 0 Å². The number of benzene rings is 1. The summed E-state index contributed by atoms with van der Waals surface area (Å²) in [6, 6.07) is 5.44. The molecule has 5 heteroatoms. The molecule has 0 aromatic heterocycles. The lowest BCUT2D eigenvalue weighted by Crippen LogP contribution is -2.16. The van der Waals surface area contributed by atoms with Crippen molar-refractivity contribution in [2.24, 2.45) is 5.10 Å². The quantitative estimate of drug-likeness (QED) is 0.352. The Morgan fingerprint density at radius 3 is 2.46 bits per heavy atom. The number of nitrogens with zero attached hydrogens (tertiary/aromatic N) is 1. The Hall–Kier alpha value is -2.04. The van der Waals surface area contributed by atoms with Crippen LogP contribution in [0.15, 0.2) is 23.3 Å². The molecule has 0 spiro atoms. The van der Waals surface area contributed by atoms with E-state index in [1.54, 1.807) is 26.5 Å². The van der Waals surface area contributed by atoms with Crippen molar-refractivity contribution in [2.75, 3.05) is 14.2 Å². The normalized spacial score (nSPS) is 10.8. The predicted octanol–water partition coefficient (Wildman–Crippen LogP) is 4.29. The summed E-state index contributed by atoms with van der Waals surface area (Å²) < 4.78 is 10.4. The minimum atomic E-state index is -0.0488. The summed E-state index contributed by atoms with van der Waals surface area (Å²) in [4.78, 5) is 11.7. The molecule has 24 heavy (non-hydrogen) atoms. The standard InChI is InChI=1S/C19H30N2O3/c1-4-5-6-7-8-9-10-11-19(22)21-20-15-16-12-13-17(23-2)14-18(16)24-3/h12-15H,4-11H2,1-3H3,(H,21,22). The van der Waals surface area contributed by atoms with E-state index in [0.717, 1.165) is 18.4 Å². The fraction of sp³-hybridized carbons (Fsp3) is 0.579. The molecule has 0 aliphatic rings. The average Bonchev–Trinajstić information content (AvgIpc) is 2.61. The third kappa shape index (κ3) is 7.99. The summed E-state index contributed by atoms with van der Waals surface area (Å²) in [6.45, 7) is 2.21. The second-order valence-corrected chi connectivity index (χ2v) is 5.77. The van der Waals surface area contributed by atoms with Gasteiger partial charge in [-0.3, -0.25) is 4.79 Å². The second kappa shape index (κ2) is 12.4. The van der Waals surface area contributed by atoms with Gasteiger partial charge < -0.3 is 9.47 Å². The van der Waals surface area contributed by atoms with Gasteiger partial charge in [0.15, 0.2) is 0 Å². The molecule has 134 valence electrons. The minimum Gasteiger partial charge on any atom is -0.497 e. The number of amides is 1. The molecule has 0 aliphatic carbocycles. The Bertz CT molecular complexity index is 515. The smallest absolute Gasteiger partial charge is 0.240 e. The first kappa shape index (κ1) is 20.0. The van der Waals surface area contributed by atoms with Gasteiger partial charge in [0.2, 0.25) is 5.91 Å². The molecule has 0 fully saturated rings. The number of ether oxygens (including phenoxy) is 2. The Labute approximate surface area is 145 Å². The van der Waals surface area contributed by atoms with Gasteiger partial charge in [-0.15, -0.1) is 0 Å². The lowest BCUT2D eigenvalue weighted by atomic mass is 10.1. The van der Waals surface area contributed by atoms with Crippen LogP contribution in [0.1, 0.15) is 63.9 Å². The van der Waals surface area contributed by atoms with Crippen LogP contribution in [0.3, 0.4) is 0 Å². The summed E-state index contributed by atoms with van der Waals surface area (Å²) >= 11 is 0. The topological polar surface area (TPSA) is 59.9 Å². The number of rotatable bonds is 12. The Morgan fingerprint density at radius 2 is 1.79 bits per heavy atom. The van der Waals surface area contributed by atoms with E-state index in [1.807, 2.05) is 12.1 Å². The third-order valence-electron chi connectivity index (χ3n) is 3.84. The summed E-state index contributed by atoms with van der Waals surface area (Å²) in [5, 5.41) is 4.00.